The largest absolute Gasteiger partial charge is 0.497 e. The van der Waals surface area contributed by atoms with Crippen molar-refractivity contribution in [3.05, 3.63) is 83.6 Å². The van der Waals surface area contributed by atoms with Crippen molar-refractivity contribution in [3.63, 3.8) is 0 Å². The van der Waals surface area contributed by atoms with Gasteiger partial charge in [0.2, 0.25) is 5.89 Å². The van der Waals surface area contributed by atoms with E-state index in [9.17, 15) is 0 Å². The van der Waals surface area contributed by atoms with Gasteiger partial charge in [-0.2, -0.15) is 0 Å². The first-order chi connectivity index (χ1) is 12.6. The van der Waals surface area contributed by atoms with Crippen molar-refractivity contribution in [3.8, 4) is 5.75 Å². The van der Waals surface area contributed by atoms with Gasteiger partial charge in [0, 0.05) is 12.1 Å². The first-order valence-electron chi connectivity index (χ1n) is 8.34. The minimum Gasteiger partial charge on any atom is -0.497 e. The zero-order valence-corrected chi connectivity index (χ0v) is 14.8. The summed E-state index contributed by atoms with van der Waals surface area (Å²) < 4.78 is 10.9. The molecule has 5 heteroatoms. The number of hydrogen-bond acceptors (Lipinski definition) is 5. The van der Waals surface area contributed by atoms with E-state index >= 15 is 0 Å². The molecule has 2 N–H and O–H groups in total. The molecular weight excluding hydrogens is 326 g/mol. The number of rotatable bonds is 7. The predicted octanol–water partition coefficient (Wildman–Crippen LogP) is 4.58. The molecule has 0 saturated carbocycles. The summed E-state index contributed by atoms with van der Waals surface area (Å²) in [7, 11) is 1.60. The zero-order chi connectivity index (χ0) is 18.5. The zero-order valence-electron chi connectivity index (χ0n) is 14.8. The molecule has 0 bridgehead atoms. The quantitative estimate of drug-likeness (QED) is 0.614. The number of hydrogen-bond donors (Lipinski definition) is 2. The van der Waals surface area contributed by atoms with Gasteiger partial charge in [0.25, 0.3) is 0 Å². The van der Waals surface area contributed by atoms with E-state index in [1.165, 1.54) is 6.21 Å². The molecule has 0 radical (unpaired) electrons. The Labute approximate surface area is 152 Å². The van der Waals surface area contributed by atoms with E-state index in [4.69, 9.17) is 20.0 Å². The molecule has 3 rings (SSSR count). The molecule has 0 amide bonds. The van der Waals surface area contributed by atoms with Crippen LogP contribution < -0.4 is 4.74 Å². The maximum absolute atomic E-state index is 8.83. The third kappa shape index (κ3) is 3.57. The SMILES string of the molecule is COc1cccc(C(=N)C(c2nc(C)co2)C(C=N)c2ccccc2)c1. The van der Waals surface area contributed by atoms with Gasteiger partial charge in [0.1, 0.15) is 12.0 Å². The van der Waals surface area contributed by atoms with E-state index in [2.05, 4.69) is 4.98 Å². The number of nitrogens with one attached hydrogen (secondary N) is 2. The number of nitrogens with zero attached hydrogens (tertiary/aromatic N) is 1. The van der Waals surface area contributed by atoms with Crippen molar-refractivity contribution in [2.75, 3.05) is 7.11 Å². The summed E-state index contributed by atoms with van der Waals surface area (Å²) >= 11 is 0. The number of ether oxygens (including phenoxy) is 1. The van der Waals surface area contributed by atoms with Crippen LogP contribution in [0.25, 0.3) is 0 Å². The van der Waals surface area contributed by atoms with E-state index in [-0.39, 0.29) is 5.92 Å². The molecule has 0 spiro atoms. The molecular formula is C21H21N3O2. The molecule has 26 heavy (non-hydrogen) atoms. The van der Waals surface area contributed by atoms with Crippen LogP contribution in [-0.2, 0) is 0 Å². The van der Waals surface area contributed by atoms with Gasteiger partial charge >= 0.3 is 0 Å². The standard InChI is InChI=1S/C21H21N3O2/c1-14-13-26-21(24-14)19(18(12-22)15-7-4-3-5-8-15)20(23)16-9-6-10-17(11-16)25-2/h3-13,18-19,22-23H,1-2H3. The fourth-order valence-electron chi connectivity index (χ4n) is 3.00. The van der Waals surface area contributed by atoms with E-state index in [0.717, 1.165) is 11.3 Å². The van der Waals surface area contributed by atoms with Crippen molar-refractivity contribution in [2.45, 2.75) is 18.8 Å². The second-order valence-corrected chi connectivity index (χ2v) is 6.05. The average molecular weight is 347 g/mol. The summed E-state index contributed by atoms with van der Waals surface area (Å²) in [5, 5.41) is 16.8. The highest BCUT2D eigenvalue weighted by molar-refractivity contribution is 6.05. The van der Waals surface area contributed by atoms with Crippen LogP contribution in [-0.4, -0.2) is 24.0 Å². The number of benzene rings is 2. The van der Waals surface area contributed by atoms with Gasteiger partial charge in [0.15, 0.2) is 0 Å². The van der Waals surface area contributed by atoms with Gasteiger partial charge in [-0.05, 0) is 30.2 Å². The second kappa shape index (κ2) is 7.78. The topological polar surface area (TPSA) is 83.0 Å². The summed E-state index contributed by atoms with van der Waals surface area (Å²) in [6.07, 6.45) is 2.93. The minimum atomic E-state index is -0.504. The number of aromatic nitrogens is 1. The van der Waals surface area contributed by atoms with E-state index < -0.39 is 5.92 Å². The Morgan fingerprint density at radius 3 is 2.54 bits per heavy atom. The highest BCUT2D eigenvalue weighted by Gasteiger charge is 2.32. The third-order valence-corrected chi connectivity index (χ3v) is 4.32. The Kier molecular flexibility index (Phi) is 5.27. The molecule has 132 valence electrons. The van der Waals surface area contributed by atoms with Gasteiger partial charge < -0.3 is 20.0 Å². The molecule has 5 nitrogen and oxygen atoms in total. The van der Waals surface area contributed by atoms with Gasteiger partial charge in [-0.15, -0.1) is 0 Å². The summed E-state index contributed by atoms with van der Waals surface area (Å²) in [4.78, 5) is 4.45. The summed E-state index contributed by atoms with van der Waals surface area (Å²) in [5.41, 5.74) is 2.74. The second-order valence-electron chi connectivity index (χ2n) is 6.05. The minimum absolute atomic E-state index is 0.336. The first-order valence-corrected chi connectivity index (χ1v) is 8.34. The molecule has 0 aliphatic carbocycles. The fraction of sp³-hybridized carbons (Fsp3) is 0.190. The van der Waals surface area contributed by atoms with Crippen LogP contribution in [0.3, 0.4) is 0 Å². The lowest BCUT2D eigenvalue weighted by molar-refractivity contribution is 0.414. The van der Waals surface area contributed by atoms with E-state index in [1.807, 2.05) is 61.5 Å². The van der Waals surface area contributed by atoms with Crippen LogP contribution in [0.2, 0.25) is 0 Å². The number of aryl methyl sites for hydroxylation is 1. The van der Waals surface area contributed by atoms with Crippen LogP contribution >= 0.6 is 0 Å². The molecule has 2 aromatic carbocycles. The van der Waals surface area contributed by atoms with Gasteiger partial charge in [0.05, 0.1) is 24.4 Å². The Balaban J connectivity index is 2.08. The summed E-state index contributed by atoms with van der Waals surface area (Å²) in [6, 6.07) is 17.1. The third-order valence-electron chi connectivity index (χ3n) is 4.32. The monoisotopic (exact) mass is 347 g/mol. The molecule has 0 fully saturated rings. The van der Waals surface area contributed by atoms with Gasteiger partial charge in [-0.25, -0.2) is 4.98 Å². The van der Waals surface area contributed by atoms with Crippen LogP contribution in [0.4, 0.5) is 0 Å². The maximum Gasteiger partial charge on any atom is 0.204 e. The molecule has 2 atom stereocenters. The van der Waals surface area contributed by atoms with Gasteiger partial charge in [-0.1, -0.05) is 42.5 Å². The van der Waals surface area contributed by atoms with Crippen LogP contribution in [0.1, 0.15) is 34.5 Å². The van der Waals surface area contributed by atoms with Crippen LogP contribution in [0, 0.1) is 17.7 Å². The lowest BCUT2D eigenvalue weighted by Crippen LogP contribution is -2.22. The molecule has 2 unspecified atom stereocenters. The molecule has 3 aromatic rings. The average Bonchev–Trinajstić information content (AvgIpc) is 3.12. The molecule has 0 saturated heterocycles. The van der Waals surface area contributed by atoms with Crippen molar-refractivity contribution >= 4 is 11.9 Å². The molecule has 1 aromatic heterocycles. The fourth-order valence-corrected chi connectivity index (χ4v) is 3.00. The highest BCUT2D eigenvalue weighted by Crippen LogP contribution is 2.34. The Morgan fingerprint density at radius 1 is 1.15 bits per heavy atom. The lowest BCUT2D eigenvalue weighted by Gasteiger charge is -2.23. The first kappa shape index (κ1) is 17.6. The maximum atomic E-state index is 8.83. The normalized spacial score (nSPS) is 13.0. The van der Waals surface area contributed by atoms with Crippen LogP contribution in [0.5, 0.6) is 5.75 Å². The number of oxazole rings is 1. The van der Waals surface area contributed by atoms with Crippen molar-refractivity contribution in [2.24, 2.45) is 0 Å². The van der Waals surface area contributed by atoms with E-state index in [1.54, 1.807) is 13.4 Å². The Hall–Kier alpha value is -3.21. The highest BCUT2D eigenvalue weighted by atomic mass is 16.5. The van der Waals surface area contributed by atoms with E-state index in [0.29, 0.717) is 22.9 Å². The van der Waals surface area contributed by atoms with Crippen molar-refractivity contribution in [1.29, 1.82) is 10.8 Å². The van der Waals surface area contributed by atoms with Crippen molar-refractivity contribution in [1.82, 2.24) is 4.98 Å². The summed E-state index contributed by atoms with van der Waals surface area (Å²) in [6.45, 7) is 1.85. The molecule has 0 aliphatic rings. The Morgan fingerprint density at radius 2 is 1.92 bits per heavy atom. The molecule has 1 heterocycles. The Bertz CT molecular complexity index is 902. The van der Waals surface area contributed by atoms with Crippen molar-refractivity contribution < 1.29 is 9.15 Å². The van der Waals surface area contributed by atoms with Gasteiger partial charge in [-0.3, -0.25) is 0 Å². The van der Waals surface area contributed by atoms with Crippen LogP contribution in [0.15, 0.2) is 65.3 Å². The smallest absolute Gasteiger partial charge is 0.204 e. The lowest BCUT2D eigenvalue weighted by atomic mass is 9.81. The summed E-state index contributed by atoms with van der Waals surface area (Å²) in [5.74, 6) is 0.261. The molecule has 0 aliphatic heterocycles. The number of methoxy groups -OCH3 is 1. The predicted molar refractivity (Wildman–Crippen MR) is 102 cm³/mol.